The minimum absolute atomic E-state index is 0.0582. The lowest BCUT2D eigenvalue weighted by Crippen LogP contribution is -2.22. The number of hydrogen-bond donors (Lipinski definition) is 2. The maximum Gasteiger partial charge on any atom is 0.200 e. The number of methoxy groups -OCH3 is 1. The smallest absolute Gasteiger partial charge is 0.200 e. The molecular weight excluding hydrogens is 190 g/mol. The van der Waals surface area contributed by atoms with E-state index in [1.165, 1.54) is 19.2 Å². The summed E-state index contributed by atoms with van der Waals surface area (Å²) in [5.74, 6) is -2.17. The summed E-state index contributed by atoms with van der Waals surface area (Å²) >= 11 is 0. The molecule has 0 aliphatic heterocycles. The predicted octanol–water partition coefficient (Wildman–Crippen LogP) is 0.932. The van der Waals surface area contributed by atoms with Crippen LogP contribution in [0.1, 0.15) is 11.6 Å². The van der Waals surface area contributed by atoms with Crippen LogP contribution < -0.4 is 16.2 Å². The van der Waals surface area contributed by atoms with Gasteiger partial charge < -0.3 is 16.2 Å². The summed E-state index contributed by atoms with van der Waals surface area (Å²) < 4.78 is 31.1. The van der Waals surface area contributed by atoms with Crippen LogP contribution in [-0.4, -0.2) is 13.7 Å². The van der Waals surface area contributed by atoms with Crippen molar-refractivity contribution in [2.24, 2.45) is 11.5 Å². The van der Waals surface area contributed by atoms with Crippen LogP contribution in [0.25, 0.3) is 0 Å². The maximum absolute atomic E-state index is 13.3. The molecule has 1 rings (SSSR count). The molecule has 0 amide bonds. The van der Waals surface area contributed by atoms with Gasteiger partial charge in [-0.2, -0.15) is 4.39 Å². The Morgan fingerprint density at radius 1 is 1.36 bits per heavy atom. The molecular formula is C9H12F2N2O. The Morgan fingerprint density at radius 2 is 2.00 bits per heavy atom. The van der Waals surface area contributed by atoms with Crippen molar-refractivity contribution in [3.05, 3.63) is 29.3 Å². The second-order valence-electron chi connectivity index (χ2n) is 2.83. The minimum atomic E-state index is -1.03. The zero-order chi connectivity index (χ0) is 10.7. The molecule has 0 aliphatic carbocycles. The second kappa shape index (κ2) is 4.34. The molecule has 0 saturated carbocycles. The highest BCUT2D eigenvalue weighted by molar-refractivity contribution is 5.32. The molecule has 14 heavy (non-hydrogen) atoms. The lowest BCUT2D eigenvalue weighted by molar-refractivity contribution is 0.369. The summed E-state index contributed by atoms with van der Waals surface area (Å²) in [6.07, 6.45) is 0. The molecule has 0 saturated heterocycles. The third-order valence-corrected chi connectivity index (χ3v) is 1.95. The minimum Gasteiger partial charge on any atom is -0.494 e. The number of rotatable bonds is 3. The topological polar surface area (TPSA) is 61.3 Å². The van der Waals surface area contributed by atoms with Gasteiger partial charge in [-0.1, -0.05) is 6.07 Å². The number of hydrogen-bond acceptors (Lipinski definition) is 3. The van der Waals surface area contributed by atoms with Gasteiger partial charge in [-0.3, -0.25) is 0 Å². The molecule has 1 unspecified atom stereocenters. The standard InChI is InChI=1S/C9H12F2N2O/c1-14-7-3-2-5(6(13)4-12)8(10)9(7)11/h2-3,6H,4,12-13H2,1H3. The highest BCUT2D eigenvalue weighted by Gasteiger charge is 2.17. The van der Waals surface area contributed by atoms with Crippen molar-refractivity contribution in [1.82, 2.24) is 0 Å². The van der Waals surface area contributed by atoms with Crippen molar-refractivity contribution in [2.45, 2.75) is 6.04 Å². The molecule has 0 heterocycles. The van der Waals surface area contributed by atoms with Crippen LogP contribution in [0.2, 0.25) is 0 Å². The summed E-state index contributed by atoms with van der Waals surface area (Å²) in [6, 6.07) is 1.99. The van der Waals surface area contributed by atoms with Gasteiger partial charge in [0, 0.05) is 18.2 Å². The normalized spacial score (nSPS) is 12.6. The van der Waals surface area contributed by atoms with Crippen LogP contribution in [0.3, 0.4) is 0 Å². The van der Waals surface area contributed by atoms with E-state index >= 15 is 0 Å². The Hall–Kier alpha value is -1.20. The molecule has 1 aromatic rings. The Bertz CT molecular complexity index is 331. The van der Waals surface area contributed by atoms with Gasteiger partial charge in [0.25, 0.3) is 0 Å². The summed E-state index contributed by atoms with van der Waals surface area (Å²) in [4.78, 5) is 0. The molecule has 0 spiro atoms. The average molecular weight is 202 g/mol. The predicted molar refractivity (Wildman–Crippen MR) is 48.9 cm³/mol. The van der Waals surface area contributed by atoms with E-state index < -0.39 is 17.7 Å². The van der Waals surface area contributed by atoms with Crippen LogP contribution in [0.4, 0.5) is 8.78 Å². The van der Waals surface area contributed by atoms with Crippen LogP contribution >= 0.6 is 0 Å². The van der Waals surface area contributed by atoms with Crippen LogP contribution in [-0.2, 0) is 0 Å². The fraction of sp³-hybridized carbons (Fsp3) is 0.333. The van der Waals surface area contributed by atoms with Crippen molar-refractivity contribution in [3.63, 3.8) is 0 Å². The molecule has 4 N–H and O–H groups in total. The molecule has 1 atom stereocenters. The van der Waals surface area contributed by atoms with Gasteiger partial charge in [0.2, 0.25) is 5.82 Å². The van der Waals surface area contributed by atoms with E-state index in [0.717, 1.165) is 0 Å². The molecule has 5 heteroatoms. The number of halogens is 2. The van der Waals surface area contributed by atoms with E-state index in [-0.39, 0.29) is 17.9 Å². The second-order valence-corrected chi connectivity index (χ2v) is 2.83. The van der Waals surface area contributed by atoms with Crippen molar-refractivity contribution in [2.75, 3.05) is 13.7 Å². The third kappa shape index (κ3) is 1.83. The van der Waals surface area contributed by atoms with Gasteiger partial charge in [-0.05, 0) is 6.07 Å². The van der Waals surface area contributed by atoms with Crippen molar-refractivity contribution in [3.8, 4) is 5.75 Å². The monoisotopic (exact) mass is 202 g/mol. The van der Waals surface area contributed by atoms with E-state index in [2.05, 4.69) is 4.74 Å². The maximum atomic E-state index is 13.3. The van der Waals surface area contributed by atoms with Gasteiger partial charge in [-0.15, -0.1) is 0 Å². The van der Waals surface area contributed by atoms with Crippen molar-refractivity contribution < 1.29 is 13.5 Å². The van der Waals surface area contributed by atoms with Crippen LogP contribution in [0.15, 0.2) is 12.1 Å². The zero-order valence-corrected chi connectivity index (χ0v) is 7.76. The van der Waals surface area contributed by atoms with E-state index in [1.807, 2.05) is 0 Å². The van der Waals surface area contributed by atoms with Gasteiger partial charge in [-0.25, -0.2) is 4.39 Å². The first-order chi connectivity index (χ1) is 6.61. The summed E-state index contributed by atoms with van der Waals surface area (Å²) in [5, 5.41) is 0. The van der Waals surface area contributed by atoms with E-state index in [0.29, 0.717) is 0 Å². The van der Waals surface area contributed by atoms with Crippen molar-refractivity contribution >= 4 is 0 Å². The molecule has 0 bridgehead atoms. The molecule has 0 aromatic heterocycles. The largest absolute Gasteiger partial charge is 0.494 e. The fourth-order valence-corrected chi connectivity index (χ4v) is 1.12. The fourth-order valence-electron chi connectivity index (χ4n) is 1.12. The average Bonchev–Trinajstić information content (AvgIpc) is 2.21. The van der Waals surface area contributed by atoms with E-state index in [9.17, 15) is 8.78 Å². The Kier molecular flexibility index (Phi) is 3.38. The number of benzene rings is 1. The Balaban J connectivity index is 3.17. The van der Waals surface area contributed by atoms with E-state index in [4.69, 9.17) is 11.5 Å². The first-order valence-electron chi connectivity index (χ1n) is 4.09. The van der Waals surface area contributed by atoms with Crippen molar-refractivity contribution in [1.29, 1.82) is 0 Å². The van der Waals surface area contributed by atoms with Crippen LogP contribution in [0.5, 0.6) is 5.75 Å². The van der Waals surface area contributed by atoms with Gasteiger partial charge >= 0.3 is 0 Å². The highest BCUT2D eigenvalue weighted by atomic mass is 19.2. The lowest BCUT2D eigenvalue weighted by Gasteiger charge is -2.12. The third-order valence-electron chi connectivity index (χ3n) is 1.95. The van der Waals surface area contributed by atoms with Gasteiger partial charge in [0.1, 0.15) is 0 Å². The quantitative estimate of drug-likeness (QED) is 0.766. The highest BCUT2D eigenvalue weighted by Crippen LogP contribution is 2.24. The Morgan fingerprint density at radius 3 is 2.50 bits per heavy atom. The molecule has 78 valence electrons. The SMILES string of the molecule is COc1ccc(C(N)CN)c(F)c1F. The van der Waals surface area contributed by atoms with E-state index in [1.54, 1.807) is 0 Å². The Labute approximate surface area is 80.7 Å². The first-order valence-corrected chi connectivity index (χ1v) is 4.09. The van der Waals surface area contributed by atoms with Crippen LogP contribution in [0, 0.1) is 11.6 Å². The number of nitrogens with two attached hydrogens (primary N) is 2. The molecule has 3 nitrogen and oxygen atoms in total. The summed E-state index contributed by atoms with van der Waals surface area (Å²) in [6.45, 7) is 0.0582. The molecule has 0 fully saturated rings. The molecule has 0 radical (unpaired) electrons. The van der Waals surface area contributed by atoms with Gasteiger partial charge in [0.05, 0.1) is 7.11 Å². The zero-order valence-electron chi connectivity index (χ0n) is 7.76. The molecule has 1 aromatic carbocycles. The van der Waals surface area contributed by atoms with Gasteiger partial charge in [0.15, 0.2) is 11.6 Å². The number of ether oxygens (including phenoxy) is 1. The lowest BCUT2D eigenvalue weighted by atomic mass is 10.1. The summed E-state index contributed by atoms with van der Waals surface area (Å²) in [7, 11) is 1.26. The summed E-state index contributed by atoms with van der Waals surface area (Å²) in [5.41, 5.74) is 10.8. The first kappa shape index (κ1) is 10.9. The molecule has 0 aliphatic rings.